The second kappa shape index (κ2) is 5.84. The molecule has 0 bridgehead atoms. The molecule has 0 fully saturated rings. The highest BCUT2D eigenvalue weighted by Crippen LogP contribution is 2.29. The van der Waals surface area contributed by atoms with Gasteiger partial charge in [-0.2, -0.15) is 0 Å². The lowest BCUT2D eigenvalue weighted by atomic mass is 10.1. The number of carbonyl (C=O) groups excluding carboxylic acids is 2. The Morgan fingerprint density at radius 1 is 1.47 bits per heavy atom. The summed E-state index contributed by atoms with van der Waals surface area (Å²) in [5.74, 6) is -0.370. The number of benzene rings is 1. The Hall–Kier alpha value is -1.88. The predicted molar refractivity (Wildman–Crippen MR) is 74.9 cm³/mol. The van der Waals surface area contributed by atoms with Crippen molar-refractivity contribution in [2.24, 2.45) is 5.73 Å². The molecule has 0 saturated heterocycles. The number of hydrogen-bond acceptors (Lipinski definition) is 3. The van der Waals surface area contributed by atoms with Gasteiger partial charge in [0.25, 0.3) is 0 Å². The van der Waals surface area contributed by atoms with Crippen LogP contribution in [0.3, 0.4) is 0 Å². The summed E-state index contributed by atoms with van der Waals surface area (Å²) in [4.78, 5) is 25.4. The minimum Gasteiger partial charge on any atom is -0.323 e. The number of carbonyl (C=O) groups is 2. The van der Waals surface area contributed by atoms with Crippen molar-refractivity contribution in [1.29, 1.82) is 0 Å². The largest absolute Gasteiger partial charge is 0.323 e. The van der Waals surface area contributed by atoms with Crippen LogP contribution < -0.4 is 16.0 Å². The zero-order chi connectivity index (χ0) is 13.8. The number of hydrogen-bond donors (Lipinski definition) is 2. The lowest BCUT2D eigenvalue weighted by Gasteiger charge is -2.30. The molecule has 2 rings (SSSR count). The molecule has 0 aliphatic carbocycles. The average Bonchev–Trinajstić information content (AvgIpc) is 2.42. The van der Waals surface area contributed by atoms with Crippen LogP contribution in [-0.4, -0.2) is 24.4 Å². The van der Waals surface area contributed by atoms with Crippen molar-refractivity contribution in [1.82, 2.24) is 0 Å². The number of anilines is 2. The van der Waals surface area contributed by atoms with Gasteiger partial charge in [-0.25, -0.2) is 0 Å². The fourth-order valence-corrected chi connectivity index (χ4v) is 2.18. The molecule has 1 unspecified atom stereocenters. The van der Waals surface area contributed by atoms with Gasteiger partial charge in [-0.05, 0) is 18.6 Å². The Kier molecular flexibility index (Phi) is 4.16. The topological polar surface area (TPSA) is 75.4 Å². The van der Waals surface area contributed by atoms with Gasteiger partial charge in [-0.15, -0.1) is 0 Å². The molecule has 3 N–H and O–H groups in total. The van der Waals surface area contributed by atoms with Gasteiger partial charge in [0, 0.05) is 0 Å². The van der Waals surface area contributed by atoms with Gasteiger partial charge in [0.1, 0.15) is 6.54 Å². The molecule has 0 saturated carbocycles. The molecular formula is C14H19N3O2. The monoisotopic (exact) mass is 261 g/mol. The Labute approximate surface area is 112 Å². The summed E-state index contributed by atoms with van der Waals surface area (Å²) >= 11 is 0. The van der Waals surface area contributed by atoms with Crippen molar-refractivity contribution in [3.63, 3.8) is 0 Å². The molecule has 5 heteroatoms. The molecule has 1 aliphatic rings. The highest BCUT2D eigenvalue weighted by atomic mass is 16.2. The molecule has 0 spiro atoms. The number of para-hydroxylation sites is 2. The van der Waals surface area contributed by atoms with Gasteiger partial charge >= 0.3 is 0 Å². The summed E-state index contributed by atoms with van der Waals surface area (Å²) < 4.78 is 0. The smallest absolute Gasteiger partial charge is 0.244 e. The van der Waals surface area contributed by atoms with E-state index in [1.807, 2.05) is 18.2 Å². The van der Waals surface area contributed by atoms with Gasteiger partial charge in [-0.3, -0.25) is 14.5 Å². The summed E-state index contributed by atoms with van der Waals surface area (Å²) in [5, 5.41) is 2.75. The van der Waals surface area contributed by atoms with Gasteiger partial charge in [0.15, 0.2) is 0 Å². The molecule has 5 nitrogen and oxygen atoms in total. The summed E-state index contributed by atoms with van der Waals surface area (Å²) in [6.07, 6.45) is 2.56. The molecule has 1 atom stereocenters. The highest BCUT2D eigenvalue weighted by molar-refractivity contribution is 6.11. The third-order valence-electron chi connectivity index (χ3n) is 3.22. The molecule has 2 amide bonds. The third-order valence-corrected chi connectivity index (χ3v) is 3.22. The fourth-order valence-electron chi connectivity index (χ4n) is 2.18. The maximum atomic E-state index is 12.3. The number of nitrogens with two attached hydrogens (primary N) is 1. The van der Waals surface area contributed by atoms with Crippen LogP contribution in [0.15, 0.2) is 24.3 Å². The zero-order valence-corrected chi connectivity index (χ0v) is 11.1. The van der Waals surface area contributed by atoms with Gasteiger partial charge in [0.2, 0.25) is 11.8 Å². The predicted octanol–water partition coefficient (Wildman–Crippen LogP) is 1.49. The number of amides is 2. The quantitative estimate of drug-likeness (QED) is 0.862. The maximum absolute atomic E-state index is 12.3. The second-order valence-electron chi connectivity index (χ2n) is 4.74. The maximum Gasteiger partial charge on any atom is 0.244 e. The Morgan fingerprint density at radius 3 is 2.95 bits per heavy atom. The van der Waals surface area contributed by atoms with E-state index in [2.05, 4.69) is 12.2 Å². The zero-order valence-electron chi connectivity index (χ0n) is 11.1. The van der Waals surface area contributed by atoms with Crippen molar-refractivity contribution in [3.8, 4) is 0 Å². The van der Waals surface area contributed by atoms with Gasteiger partial charge in [-0.1, -0.05) is 31.9 Å². The van der Waals surface area contributed by atoms with E-state index >= 15 is 0 Å². The van der Waals surface area contributed by atoms with E-state index in [-0.39, 0.29) is 18.4 Å². The van der Waals surface area contributed by atoms with Crippen LogP contribution in [-0.2, 0) is 9.59 Å². The Morgan fingerprint density at radius 2 is 2.21 bits per heavy atom. The van der Waals surface area contributed by atoms with Crippen molar-refractivity contribution < 1.29 is 9.59 Å². The molecule has 1 aromatic rings. The van der Waals surface area contributed by atoms with Crippen LogP contribution in [0.4, 0.5) is 11.4 Å². The number of fused-ring (bicyclic) bond motifs is 1. The first-order valence-electron chi connectivity index (χ1n) is 6.59. The summed E-state index contributed by atoms with van der Waals surface area (Å²) in [6.45, 7) is 2.09. The van der Waals surface area contributed by atoms with Crippen molar-refractivity contribution in [3.05, 3.63) is 24.3 Å². The first-order chi connectivity index (χ1) is 9.13. The van der Waals surface area contributed by atoms with Crippen molar-refractivity contribution >= 4 is 23.2 Å². The molecule has 1 heterocycles. The van der Waals surface area contributed by atoms with Crippen LogP contribution in [0.5, 0.6) is 0 Å². The van der Waals surface area contributed by atoms with E-state index in [4.69, 9.17) is 5.73 Å². The molecule has 19 heavy (non-hydrogen) atoms. The minimum absolute atomic E-state index is 0.0374. The minimum atomic E-state index is -0.543. The lowest BCUT2D eigenvalue weighted by molar-refractivity contribution is -0.122. The van der Waals surface area contributed by atoms with Crippen molar-refractivity contribution in [2.75, 3.05) is 16.8 Å². The molecule has 1 aromatic carbocycles. The van der Waals surface area contributed by atoms with Crippen LogP contribution in [0.2, 0.25) is 0 Å². The van der Waals surface area contributed by atoms with Crippen LogP contribution in [0.25, 0.3) is 0 Å². The fraction of sp³-hybridized carbons (Fsp3) is 0.429. The van der Waals surface area contributed by atoms with E-state index in [9.17, 15) is 9.59 Å². The van der Waals surface area contributed by atoms with Crippen molar-refractivity contribution in [2.45, 2.75) is 32.2 Å². The first kappa shape index (κ1) is 13.5. The molecule has 1 aliphatic heterocycles. The molecule has 0 radical (unpaired) electrons. The highest BCUT2D eigenvalue weighted by Gasteiger charge is 2.29. The summed E-state index contributed by atoms with van der Waals surface area (Å²) in [6, 6.07) is 6.72. The van der Waals surface area contributed by atoms with E-state index in [0.29, 0.717) is 12.1 Å². The normalized spacial score (nSPS) is 15.7. The number of rotatable bonds is 4. The first-order valence-corrected chi connectivity index (χ1v) is 6.59. The number of nitrogens with zero attached hydrogens (tertiary/aromatic N) is 1. The number of unbranched alkanes of at least 4 members (excludes halogenated alkanes) is 1. The standard InChI is InChI=1S/C14H19N3O2/c1-2-3-6-10(15)14(19)17-9-13(18)16-11-7-4-5-8-12(11)17/h4-5,7-8,10H,2-3,6,9,15H2,1H3,(H,16,18). The van der Waals surface area contributed by atoms with Crippen LogP contribution in [0.1, 0.15) is 26.2 Å². The summed E-state index contributed by atoms with van der Waals surface area (Å²) in [7, 11) is 0. The van der Waals surface area contributed by atoms with E-state index in [0.717, 1.165) is 18.5 Å². The van der Waals surface area contributed by atoms with Crippen LogP contribution >= 0.6 is 0 Å². The average molecular weight is 261 g/mol. The van der Waals surface area contributed by atoms with Crippen LogP contribution in [0, 0.1) is 0 Å². The van der Waals surface area contributed by atoms with E-state index in [1.54, 1.807) is 6.07 Å². The SMILES string of the molecule is CCCCC(N)C(=O)N1CC(=O)Nc2ccccc21. The van der Waals surface area contributed by atoms with Gasteiger partial charge in [0.05, 0.1) is 17.4 Å². The van der Waals surface area contributed by atoms with E-state index < -0.39 is 6.04 Å². The van der Waals surface area contributed by atoms with E-state index in [1.165, 1.54) is 4.90 Å². The molecular weight excluding hydrogens is 242 g/mol. The Bertz CT molecular complexity index is 487. The van der Waals surface area contributed by atoms with Gasteiger partial charge < -0.3 is 11.1 Å². The lowest BCUT2D eigenvalue weighted by Crippen LogP contribution is -2.49. The third kappa shape index (κ3) is 2.93. The molecule has 102 valence electrons. The Balaban J connectivity index is 2.20. The summed E-state index contributed by atoms with van der Waals surface area (Å²) in [5.41, 5.74) is 7.30. The second-order valence-corrected chi connectivity index (χ2v) is 4.74. The number of nitrogens with one attached hydrogen (secondary N) is 1. The molecule has 0 aromatic heterocycles.